The maximum atomic E-state index is 11.4. The molecular weight excluding hydrogens is 342 g/mol. The van der Waals surface area contributed by atoms with E-state index in [0.29, 0.717) is 15.1 Å². The van der Waals surface area contributed by atoms with Gasteiger partial charge in [-0.1, -0.05) is 12.1 Å². The normalized spacial score (nSPS) is 11.9. The molecule has 0 fully saturated rings. The summed E-state index contributed by atoms with van der Waals surface area (Å²) in [6, 6.07) is 10.4. The van der Waals surface area contributed by atoms with Crippen LogP contribution < -0.4 is 0 Å². The number of hydrogen-bond acceptors (Lipinski definition) is 4. The van der Waals surface area contributed by atoms with Crippen molar-refractivity contribution >= 4 is 36.7 Å². The van der Waals surface area contributed by atoms with Crippen molar-refractivity contribution in [2.75, 3.05) is 6.26 Å². The van der Waals surface area contributed by atoms with Crippen LogP contribution in [0.3, 0.4) is 0 Å². The molecule has 0 aliphatic carbocycles. The summed E-state index contributed by atoms with van der Waals surface area (Å²) in [5.74, 6) is 0. The molecule has 0 saturated heterocycles. The molecule has 0 amide bonds. The van der Waals surface area contributed by atoms with Crippen LogP contribution in [0.2, 0.25) is 0 Å². The highest BCUT2D eigenvalue weighted by molar-refractivity contribution is 9.10. The summed E-state index contributed by atoms with van der Waals surface area (Å²) in [7, 11) is -3.18. The molecule has 102 valence electrons. The molecule has 0 atom stereocenters. The molecule has 0 bridgehead atoms. The average molecular weight is 352 g/mol. The van der Waals surface area contributed by atoms with Crippen LogP contribution in [0.15, 0.2) is 56.6 Å². The Morgan fingerprint density at radius 1 is 1.15 bits per heavy atom. The monoisotopic (exact) mass is 351 g/mol. The number of hydrogen-bond donors (Lipinski definition) is 0. The Morgan fingerprint density at radius 2 is 1.85 bits per heavy atom. The number of pyridine rings is 1. The first-order valence-corrected chi connectivity index (χ1v) is 8.48. The lowest BCUT2D eigenvalue weighted by Gasteiger charge is -2.04. The van der Waals surface area contributed by atoms with Gasteiger partial charge in [0, 0.05) is 17.2 Å². The quantitative estimate of drug-likeness (QED) is 0.661. The topological polar surface area (TPSA) is 60.2 Å². The van der Waals surface area contributed by atoms with E-state index in [1.54, 1.807) is 30.5 Å². The Kier molecular flexibility index (Phi) is 3.14. The Morgan fingerprint density at radius 3 is 2.50 bits per heavy atom. The molecule has 6 heteroatoms. The predicted molar refractivity (Wildman–Crippen MR) is 80.3 cm³/mol. The zero-order chi connectivity index (χ0) is 14.3. The van der Waals surface area contributed by atoms with Crippen molar-refractivity contribution in [2.24, 2.45) is 0 Å². The summed E-state index contributed by atoms with van der Waals surface area (Å²) < 4.78 is 28.8. The van der Waals surface area contributed by atoms with E-state index < -0.39 is 9.84 Å². The number of sulfone groups is 1. The third kappa shape index (κ3) is 2.36. The van der Waals surface area contributed by atoms with Crippen molar-refractivity contribution in [2.45, 2.75) is 4.90 Å². The molecule has 0 unspecified atom stereocenters. The van der Waals surface area contributed by atoms with Gasteiger partial charge in [-0.3, -0.25) is 0 Å². The van der Waals surface area contributed by atoms with E-state index in [1.165, 1.54) is 6.26 Å². The van der Waals surface area contributed by atoms with Gasteiger partial charge in [0.15, 0.2) is 15.4 Å². The molecule has 2 heterocycles. The highest BCUT2D eigenvalue weighted by Crippen LogP contribution is 2.29. The minimum Gasteiger partial charge on any atom is -0.461 e. The second kappa shape index (κ2) is 4.71. The third-order valence-electron chi connectivity index (χ3n) is 2.97. The van der Waals surface area contributed by atoms with Gasteiger partial charge in [0.2, 0.25) is 0 Å². The van der Waals surface area contributed by atoms with E-state index in [0.717, 1.165) is 16.6 Å². The second-order valence-electron chi connectivity index (χ2n) is 4.43. The lowest BCUT2D eigenvalue weighted by Crippen LogP contribution is -1.96. The van der Waals surface area contributed by atoms with Gasteiger partial charge >= 0.3 is 0 Å². The van der Waals surface area contributed by atoms with Crippen molar-refractivity contribution in [1.29, 1.82) is 0 Å². The van der Waals surface area contributed by atoms with Crippen LogP contribution in [0.1, 0.15) is 0 Å². The number of halogens is 1. The van der Waals surface area contributed by atoms with Gasteiger partial charge in [0.1, 0.15) is 4.60 Å². The molecule has 1 aromatic carbocycles. The maximum absolute atomic E-state index is 11.4. The maximum Gasteiger partial charge on any atom is 0.175 e. The van der Waals surface area contributed by atoms with E-state index in [1.807, 2.05) is 12.1 Å². The van der Waals surface area contributed by atoms with Gasteiger partial charge in [-0.25, -0.2) is 13.4 Å². The fourth-order valence-electron chi connectivity index (χ4n) is 1.96. The SMILES string of the molecule is CS(=O)(=O)c1ccc(-c2cc3ccoc3c(Br)n2)cc1. The molecule has 4 nitrogen and oxygen atoms in total. The first-order valence-electron chi connectivity index (χ1n) is 5.79. The van der Waals surface area contributed by atoms with Crippen LogP contribution in [0.5, 0.6) is 0 Å². The number of furan rings is 1. The van der Waals surface area contributed by atoms with Gasteiger partial charge in [0.05, 0.1) is 16.9 Å². The highest BCUT2D eigenvalue weighted by Gasteiger charge is 2.10. The third-order valence-corrected chi connectivity index (χ3v) is 4.64. The molecular formula is C14H10BrNO3S. The highest BCUT2D eigenvalue weighted by atomic mass is 79.9. The lowest BCUT2D eigenvalue weighted by molar-refractivity contribution is 0.602. The molecule has 0 saturated carbocycles. The summed E-state index contributed by atoms with van der Waals surface area (Å²) in [5, 5.41) is 0.939. The summed E-state index contributed by atoms with van der Waals surface area (Å²) in [6.45, 7) is 0. The van der Waals surface area contributed by atoms with Crippen LogP contribution >= 0.6 is 15.9 Å². The van der Waals surface area contributed by atoms with Crippen LogP contribution in [-0.2, 0) is 9.84 Å². The molecule has 0 spiro atoms. The number of benzene rings is 1. The first-order chi connectivity index (χ1) is 9.45. The number of aromatic nitrogens is 1. The second-order valence-corrected chi connectivity index (χ2v) is 7.20. The molecule has 3 rings (SSSR count). The van der Waals surface area contributed by atoms with E-state index in [-0.39, 0.29) is 0 Å². The Labute approximate surface area is 124 Å². The van der Waals surface area contributed by atoms with Gasteiger partial charge < -0.3 is 4.42 Å². The summed E-state index contributed by atoms with van der Waals surface area (Å²) in [4.78, 5) is 4.71. The minimum absolute atomic E-state index is 0.296. The smallest absolute Gasteiger partial charge is 0.175 e. The Bertz CT molecular complexity index is 882. The molecule has 0 radical (unpaired) electrons. The Hall–Kier alpha value is -1.66. The first kappa shape index (κ1) is 13.3. The van der Waals surface area contributed by atoms with Crippen molar-refractivity contribution in [3.8, 4) is 11.3 Å². The number of fused-ring (bicyclic) bond motifs is 1. The van der Waals surface area contributed by atoms with Crippen molar-refractivity contribution in [3.63, 3.8) is 0 Å². The van der Waals surface area contributed by atoms with Crippen molar-refractivity contribution in [3.05, 3.63) is 47.3 Å². The van der Waals surface area contributed by atoms with Crippen LogP contribution in [-0.4, -0.2) is 19.7 Å². The van der Waals surface area contributed by atoms with Gasteiger partial charge in [-0.15, -0.1) is 0 Å². The number of rotatable bonds is 2. The summed E-state index contributed by atoms with van der Waals surface area (Å²) in [6.07, 6.45) is 2.79. The standard InChI is InChI=1S/C14H10BrNO3S/c1-20(17,18)11-4-2-9(3-5-11)12-8-10-6-7-19-13(10)14(15)16-12/h2-8H,1H3. The lowest BCUT2D eigenvalue weighted by atomic mass is 10.1. The van der Waals surface area contributed by atoms with E-state index in [2.05, 4.69) is 20.9 Å². The van der Waals surface area contributed by atoms with E-state index in [9.17, 15) is 8.42 Å². The number of nitrogens with zero attached hydrogens (tertiary/aromatic N) is 1. The predicted octanol–water partition coefficient (Wildman–Crippen LogP) is 3.66. The van der Waals surface area contributed by atoms with E-state index >= 15 is 0 Å². The van der Waals surface area contributed by atoms with E-state index in [4.69, 9.17) is 4.42 Å². The van der Waals surface area contributed by atoms with Gasteiger partial charge in [0.25, 0.3) is 0 Å². The largest absolute Gasteiger partial charge is 0.461 e. The molecule has 0 aliphatic rings. The fourth-order valence-corrected chi connectivity index (χ4v) is 3.10. The van der Waals surface area contributed by atoms with Crippen molar-refractivity contribution in [1.82, 2.24) is 4.98 Å². The molecule has 2 aromatic heterocycles. The zero-order valence-electron chi connectivity index (χ0n) is 10.5. The van der Waals surface area contributed by atoms with Crippen LogP contribution in [0.4, 0.5) is 0 Å². The Balaban J connectivity index is 2.11. The zero-order valence-corrected chi connectivity index (χ0v) is 12.9. The van der Waals surface area contributed by atoms with Gasteiger partial charge in [-0.05, 0) is 40.2 Å². The average Bonchev–Trinajstić information content (AvgIpc) is 2.86. The van der Waals surface area contributed by atoms with Gasteiger partial charge in [-0.2, -0.15) is 0 Å². The fraction of sp³-hybridized carbons (Fsp3) is 0.0714. The molecule has 20 heavy (non-hydrogen) atoms. The molecule has 0 aliphatic heterocycles. The van der Waals surface area contributed by atoms with Crippen molar-refractivity contribution < 1.29 is 12.8 Å². The molecule has 3 aromatic rings. The van der Waals surface area contributed by atoms with Crippen LogP contribution in [0, 0.1) is 0 Å². The minimum atomic E-state index is -3.18. The summed E-state index contributed by atoms with van der Waals surface area (Å²) in [5.41, 5.74) is 2.30. The summed E-state index contributed by atoms with van der Waals surface area (Å²) >= 11 is 3.37. The molecule has 0 N–H and O–H groups in total. The van der Waals surface area contributed by atoms with Crippen LogP contribution in [0.25, 0.3) is 22.2 Å².